The molecule has 0 saturated carbocycles. The third-order valence-electron chi connectivity index (χ3n) is 8.58. The molecule has 0 radical (unpaired) electrons. The highest BCUT2D eigenvalue weighted by Gasteiger charge is 2.51. The maximum Gasteiger partial charge on any atom is 0.330 e. The summed E-state index contributed by atoms with van der Waals surface area (Å²) in [6, 6.07) is -1.08. The predicted octanol–water partition coefficient (Wildman–Crippen LogP) is 0.120. The molecule has 4 heterocycles. The molecule has 0 aromatic carbocycles. The van der Waals surface area contributed by atoms with Crippen molar-refractivity contribution in [3.63, 3.8) is 0 Å². The van der Waals surface area contributed by atoms with Crippen LogP contribution in [-0.4, -0.2) is 122 Å². The Morgan fingerprint density at radius 1 is 0.936 bits per heavy atom. The Kier molecular flexibility index (Phi) is 13.1. The maximum atomic E-state index is 12.3. The molecule has 8 N–H and O–H groups in total. The number of aliphatic carboxylic acids is 1. The number of aliphatic hydroxyl groups excluding tert-OH is 4. The molecule has 262 valence electrons. The number of esters is 1. The molecule has 0 aliphatic carbocycles. The van der Waals surface area contributed by atoms with Gasteiger partial charge in [0, 0.05) is 38.2 Å². The van der Waals surface area contributed by atoms with Gasteiger partial charge < -0.3 is 60.1 Å². The third-order valence-corrected chi connectivity index (χ3v) is 8.58. The molecule has 4 rings (SSSR count). The molecule has 0 spiro atoms. The van der Waals surface area contributed by atoms with Gasteiger partial charge in [-0.2, -0.15) is 0 Å². The summed E-state index contributed by atoms with van der Waals surface area (Å²) in [6.07, 6.45) is 5.25. The average molecular weight is 666 g/mol. The van der Waals surface area contributed by atoms with Crippen molar-refractivity contribution in [2.75, 3.05) is 0 Å². The van der Waals surface area contributed by atoms with E-state index >= 15 is 0 Å². The van der Waals surface area contributed by atoms with Crippen LogP contribution in [0.2, 0.25) is 0 Å². The van der Waals surface area contributed by atoms with Crippen molar-refractivity contribution in [1.82, 2.24) is 0 Å². The van der Waals surface area contributed by atoms with E-state index in [-0.39, 0.29) is 25.4 Å². The molecule has 14 atom stereocenters. The monoisotopic (exact) mass is 665 g/mol. The molecule has 3 saturated heterocycles. The van der Waals surface area contributed by atoms with Crippen LogP contribution in [-0.2, 0) is 33.3 Å². The molecule has 2 bridgehead atoms. The summed E-state index contributed by atoms with van der Waals surface area (Å²) < 4.78 is 28.5. The fraction of sp³-hybridized carbons (Fsp3) is 0.636. The summed E-state index contributed by atoms with van der Waals surface area (Å²) in [4.78, 5) is 24.4. The first kappa shape index (κ1) is 37.1. The second kappa shape index (κ2) is 16.6. The van der Waals surface area contributed by atoms with Crippen LogP contribution < -0.4 is 5.73 Å². The van der Waals surface area contributed by atoms with E-state index in [1.54, 1.807) is 56.4 Å². The Bertz CT molecular complexity index is 1220. The molecular weight excluding hydrogens is 618 g/mol. The number of fused-ring (bicyclic) bond motifs is 3. The standard InChI is InChI=1S/C33H47NO13/c1-18-10-8-6-4-3-5-7-9-11-21(45-32-30(39)28(34)29(38)19(2)44-32)15-25-27(31(40)41)22(36)17-33(42,47-25)16-20(35)14-24-23(46-24)12-13-26(37)43-18/h3-9,11-13,18-25,27-30,32,35-36,38-39,42H,10,14-17,34H2,1-2H3,(H,40,41)/t18-,19?,20+,21+,22+,23-,24?,25+,27-,28-,29-,30?,32+,33-/m1/s1. The Labute approximate surface area is 273 Å². The number of rotatable bonds is 3. The van der Waals surface area contributed by atoms with Gasteiger partial charge in [-0.25, -0.2) is 4.79 Å². The molecule has 0 amide bonds. The summed E-state index contributed by atoms with van der Waals surface area (Å²) in [5, 5.41) is 63.9. The fourth-order valence-electron chi connectivity index (χ4n) is 6.00. The lowest BCUT2D eigenvalue weighted by atomic mass is 9.83. The first-order valence-electron chi connectivity index (χ1n) is 15.9. The minimum Gasteiger partial charge on any atom is -0.481 e. The van der Waals surface area contributed by atoms with E-state index in [0.717, 1.165) is 0 Å². The zero-order valence-corrected chi connectivity index (χ0v) is 26.4. The molecule has 14 nitrogen and oxygen atoms in total. The minimum absolute atomic E-state index is 0.0789. The molecule has 0 aromatic rings. The van der Waals surface area contributed by atoms with E-state index in [2.05, 4.69) is 0 Å². The van der Waals surface area contributed by atoms with Gasteiger partial charge in [0.2, 0.25) is 0 Å². The van der Waals surface area contributed by atoms with Crippen molar-refractivity contribution in [2.24, 2.45) is 11.7 Å². The summed E-state index contributed by atoms with van der Waals surface area (Å²) in [7, 11) is 0. The normalized spacial score (nSPS) is 43.8. The fourth-order valence-corrected chi connectivity index (χ4v) is 6.00. The van der Waals surface area contributed by atoms with Gasteiger partial charge in [0.25, 0.3) is 0 Å². The third kappa shape index (κ3) is 10.6. The Morgan fingerprint density at radius 3 is 2.36 bits per heavy atom. The van der Waals surface area contributed by atoms with E-state index in [4.69, 9.17) is 29.4 Å². The molecule has 47 heavy (non-hydrogen) atoms. The second-order valence-electron chi connectivity index (χ2n) is 12.6. The first-order chi connectivity index (χ1) is 22.3. The lowest BCUT2D eigenvalue weighted by Gasteiger charge is -2.45. The smallest absolute Gasteiger partial charge is 0.330 e. The van der Waals surface area contributed by atoms with Gasteiger partial charge in [0.1, 0.15) is 24.2 Å². The van der Waals surface area contributed by atoms with E-state index in [1.165, 1.54) is 12.2 Å². The predicted molar refractivity (Wildman–Crippen MR) is 165 cm³/mol. The van der Waals surface area contributed by atoms with Crippen LogP contribution in [0.25, 0.3) is 0 Å². The summed E-state index contributed by atoms with van der Waals surface area (Å²) >= 11 is 0. The van der Waals surface area contributed by atoms with E-state index in [1.807, 2.05) is 6.08 Å². The van der Waals surface area contributed by atoms with Crippen molar-refractivity contribution >= 4 is 11.9 Å². The number of cyclic esters (lactones) is 1. The van der Waals surface area contributed by atoms with Gasteiger partial charge in [-0.15, -0.1) is 0 Å². The molecule has 0 aromatic heterocycles. The summed E-state index contributed by atoms with van der Waals surface area (Å²) in [5.74, 6) is -5.45. The van der Waals surface area contributed by atoms with Gasteiger partial charge in [0.05, 0.1) is 48.8 Å². The zero-order chi connectivity index (χ0) is 34.3. The largest absolute Gasteiger partial charge is 0.481 e. The highest BCUT2D eigenvalue weighted by molar-refractivity contribution is 5.82. The van der Waals surface area contributed by atoms with Gasteiger partial charge in [0.15, 0.2) is 12.1 Å². The molecule has 3 fully saturated rings. The van der Waals surface area contributed by atoms with Crippen LogP contribution in [0.3, 0.4) is 0 Å². The summed E-state index contributed by atoms with van der Waals surface area (Å²) in [5.41, 5.74) is 5.98. The van der Waals surface area contributed by atoms with Crippen molar-refractivity contribution in [3.05, 3.63) is 60.8 Å². The Morgan fingerprint density at radius 2 is 1.64 bits per heavy atom. The number of carboxylic acid groups (broad SMARTS) is 1. The van der Waals surface area contributed by atoms with E-state index < -0.39 is 97.3 Å². The number of carbonyl (C=O) groups is 2. The average Bonchev–Trinajstić information content (AvgIpc) is 3.72. The zero-order valence-electron chi connectivity index (χ0n) is 26.4. The lowest BCUT2D eigenvalue weighted by Crippen LogP contribution is -2.61. The van der Waals surface area contributed by atoms with Crippen molar-refractivity contribution in [3.8, 4) is 0 Å². The maximum absolute atomic E-state index is 12.3. The number of carbonyl (C=O) groups excluding carboxylic acids is 1. The Balaban J connectivity index is 1.58. The quantitative estimate of drug-likeness (QED) is 0.157. The van der Waals surface area contributed by atoms with E-state index in [0.29, 0.717) is 6.42 Å². The molecule has 14 heteroatoms. The van der Waals surface area contributed by atoms with Crippen LogP contribution in [0.1, 0.15) is 46.0 Å². The van der Waals surface area contributed by atoms with Gasteiger partial charge in [-0.1, -0.05) is 48.6 Å². The van der Waals surface area contributed by atoms with Crippen molar-refractivity contribution in [1.29, 1.82) is 0 Å². The minimum atomic E-state index is -2.10. The van der Waals surface area contributed by atoms with Crippen LogP contribution in [0.15, 0.2) is 60.8 Å². The summed E-state index contributed by atoms with van der Waals surface area (Å²) in [6.45, 7) is 3.34. The molecule has 4 aliphatic heterocycles. The number of ether oxygens (including phenoxy) is 5. The van der Waals surface area contributed by atoms with Gasteiger partial charge >= 0.3 is 11.9 Å². The van der Waals surface area contributed by atoms with Crippen molar-refractivity contribution in [2.45, 2.75) is 125 Å². The van der Waals surface area contributed by atoms with Crippen LogP contribution >= 0.6 is 0 Å². The highest BCUT2D eigenvalue weighted by Crippen LogP contribution is 2.39. The van der Waals surface area contributed by atoms with E-state index in [9.17, 15) is 40.2 Å². The number of nitrogens with two attached hydrogens (primary N) is 1. The lowest BCUT2D eigenvalue weighted by molar-refractivity contribution is -0.308. The SMILES string of the molecule is CC1O[C@@H](O[C@H]2C=CC=CC=CC=CC[C@@H](C)OC(=O)C=C[C@H]3OC3C[C@H](O)C[C@]3(O)C[C@H](O)[C@@H](C(=O)O)[C@H](C2)O3)C(O)[C@H](N)[C@@H]1O. The number of carboxylic acids is 1. The van der Waals surface area contributed by atoms with Crippen LogP contribution in [0.4, 0.5) is 0 Å². The number of epoxide rings is 1. The highest BCUT2D eigenvalue weighted by atomic mass is 16.7. The van der Waals surface area contributed by atoms with Crippen molar-refractivity contribution < 1.29 is 63.9 Å². The number of hydrogen-bond donors (Lipinski definition) is 7. The number of aliphatic hydroxyl groups is 5. The number of allylic oxidation sites excluding steroid dienone is 6. The topological polar surface area (TPSA) is 231 Å². The van der Waals surface area contributed by atoms with Gasteiger partial charge in [-0.3, -0.25) is 4.79 Å². The second-order valence-corrected chi connectivity index (χ2v) is 12.6. The van der Waals surface area contributed by atoms with Crippen LogP contribution in [0, 0.1) is 5.92 Å². The van der Waals surface area contributed by atoms with Gasteiger partial charge in [-0.05, 0) is 19.9 Å². The Hall–Kier alpha value is -2.76. The molecule has 4 aliphatic rings. The van der Waals surface area contributed by atoms with Crippen LogP contribution in [0.5, 0.6) is 0 Å². The molecule has 3 unspecified atom stereocenters. The first-order valence-corrected chi connectivity index (χ1v) is 15.9. The number of hydrogen-bond acceptors (Lipinski definition) is 13. The molecular formula is C33H47NO13.